The third kappa shape index (κ3) is 7.86. The van der Waals surface area contributed by atoms with Crippen molar-refractivity contribution in [2.45, 2.75) is 43.9 Å². The number of halogens is 3. The molecule has 1 aliphatic carbocycles. The van der Waals surface area contributed by atoms with Gasteiger partial charge in [0, 0.05) is 0 Å². The molecule has 1 rings (SSSR count). The Balaban J connectivity index is -0.000000750. The minimum Gasteiger partial charge on any atom is -1.00 e. The monoisotopic (exact) mass is 347 g/mol. The molecule has 0 aromatic carbocycles. The van der Waals surface area contributed by atoms with E-state index in [0.717, 1.165) is 6.42 Å². The van der Waals surface area contributed by atoms with Crippen LogP contribution in [-0.2, 0) is 28.7 Å². The van der Waals surface area contributed by atoms with Gasteiger partial charge >= 0.3 is 101 Å². The summed E-state index contributed by atoms with van der Waals surface area (Å²) in [5.41, 5.74) is 0. The van der Waals surface area contributed by atoms with Crippen molar-refractivity contribution < 1.29 is 65.9 Å². The molecule has 0 bridgehead atoms. The van der Waals surface area contributed by atoms with Gasteiger partial charge in [-0.2, -0.15) is 0 Å². The molecule has 0 atom stereocenters. The van der Waals surface area contributed by atoms with E-state index in [4.69, 9.17) is 4.74 Å². The maximum absolute atomic E-state index is 11.8. The Morgan fingerprint density at radius 1 is 1.33 bits per heavy atom. The van der Waals surface area contributed by atoms with Crippen LogP contribution in [0.5, 0.6) is 0 Å². The first-order chi connectivity index (χ1) is 6.92. The third-order valence-electron chi connectivity index (χ3n) is 2.10. The van der Waals surface area contributed by atoms with Gasteiger partial charge in [0.2, 0.25) is 0 Å². The van der Waals surface area contributed by atoms with E-state index in [-0.39, 0.29) is 53.0 Å². The van der Waals surface area contributed by atoms with Gasteiger partial charge in [-0.3, -0.25) is 0 Å². The van der Waals surface area contributed by atoms with Crippen LogP contribution in [0, 0.1) is 0 Å². The molecule has 6 heteroatoms. The fourth-order valence-electron chi connectivity index (χ4n) is 1.35. The van der Waals surface area contributed by atoms with Crippen molar-refractivity contribution in [1.82, 2.24) is 0 Å². The summed E-state index contributed by atoms with van der Waals surface area (Å²) in [5.74, 6) is -0.0506. The molecule has 2 nitrogen and oxygen atoms in total. The molecule has 18 heavy (non-hydrogen) atoms. The summed E-state index contributed by atoms with van der Waals surface area (Å²) in [4.78, 5) is 11.8. The Morgan fingerprint density at radius 3 is 2.28 bits per heavy atom. The molecule has 0 N–H and O–H groups in total. The van der Waals surface area contributed by atoms with E-state index in [9.17, 15) is 4.79 Å². The van der Waals surface area contributed by atoms with Crippen LogP contribution in [0.1, 0.15) is 34.1 Å². The number of esters is 1. The van der Waals surface area contributed by atoms with Gasteiger partial charge in [-0.05, 0) is 0 Å². The van der Waals surface area contributed by atoms with Crippen LogP contribution in [-0.4, -0.2) is 12.1 Å². The topological polar surface area (TPSA) is 26.3 Å². The number of carbonyl (C=O) groups is 1. The number of hydrogen-bond acceptors (Lipinski definition) is 2. The van der Waals surface area contributed by atoms with Gasteiger partial charge in [0.15, 0.2) is 0 Å². The van der Waals surface area contributed by atoms with Crippen molar-refractivity contribution in [3.05, 3.63) is 22.1 Å². The number of carbonyl (C=O) groups excluding carboxylic acids is 1. The minimum atomic E-state index is -0.417. The second-order valence-corrected chi connectivity index (χ2v) is 7.87. The molecule has 0 aromatic heterocycles. The van der Waals surface area contributed by atoms with E-state index in [1.54, 1.807) is 0 Å². The summed E-state index contributed by atoms with van der Waals surface area (Å²) in [6.07, 6.45) is 7.37. The molecule has 0 amide bonds. The smallest absolute Gasteiger partial charge is 1.00 e. The molecule has 1 aliphatic rings. The summed E-state index contributed by atoms with van der Waals surface area (Å²) < 4.78 is 6.41. The van der Waals surface area contributed by atoms with Crippen LogP contribution < -0.4 is 37.2 Å². The van der Waals surface area contributed by atoms with Gasteiger partial charge in [0.25, 0.3) is 0 Å². The van der Waals surface area contributed by atoms with Crippen LogP contribution in [0.3, 0.4) is 0 Å². The largest absolute Gasteiger partial charge is 1.00 e. The Labute approximate surface area is 137 Å². The van der Waals surface area contributed by atoms with Crippen molar-refractivity contribution in [3.8, 4) is 0 Å². The quantitative estimate of drug-likeness (QED) is 0.374. The minimum absolute atomic E-state index is 0. The van der Waals surface area contributed by atoms with E-state index in [1.807, 2.05) is 27.7 Å². The summed E-state index contributed by atoms with van der Waals surface area (Å²) >= 11 is -0.417. The van der Waals surface area contributed by atoms with Crippen LogP contribution >= 0.6 is 0 Å². The number of allylic oxidation sites excluding steroid dienone is 4. The standard InChI is InChI=1S/C7H13O2.C5H5.3ClH.Ti/c1-5(2)7(8)9-6(3)4;1-2-4-5-3-1;;;;/h6H,1-4H3;1-3H,4H2;3*1H;/q;;;;;+3/p-3. The van der Waals surface area contributed by atoms with Crippen molar-refractivity contribution in [1.29, 1.82) is 0 Å². The predicted molar refractivity (Wildman–Crippen MR) is 57.1 cm³/mol. The van der Waals surface area contributed by atoms with Crippen molar-refractivity contribution >= 4 is 5.97 Å². The van der Waals surface area contributed by atoms with Crippen LogP contribution in [0.25, 0.3) is 0 Å². The fraction of sp³-hybridized carbons (Fsp3) is 0.583. The van der Waals surface area contributed by atoms with E-state index >= 15 is 0 Å². The zero-order chi connectivity index (χ0) is 11.5. The average molecular weight is 348 g/mol. The van der Waals surface area contributed by atoms with Crippen molar-refractivity contribution in [3.63, 3.8) is 0 Å². The average Bonchev–Trinajstić information content (AvgIpc) is 2.54. The molecule has 0 fully saturated rings. The normalized spacial score (nSPS) is 12.6. The van der Waals surface area contributed by atoms with Gasteiger partial charge in [-0.1, -0.05) is 0 Å². The summed E-state index contributed by atoms with van der Waals surface area (Å²) in [7, 11) is 0. The van der Waals surface area contributed by atoms with E-state index in [0.29, 0.717) is 0 Å². The molecule has 0 saturated heterocycles. The molecule has 0 aromatic rings. The van der Waals surface area contributed by atoms with E-state index in [2.05, 4.69) is 18.2 Å². The zero-order valence-corrected chi connectivity index (χ0v) is 14.8. The Hall–Kier alpha value is 0.534. The van der Waals surface area contributed by atoms with E-state index < -0.39 is 19.2 Å². The number of ether oxygens (including phenoxy) is 1. The summed E-state index contributed by atoms with van der Waals surface area (Å²) in [5, 5.41) is 0. The molecule has 0 saturated carbocycles. The zero-order valence-electron chi connectivity index (χ0n) is 11.0. The molecule has 103 valence electrons. The third-order valence-corrected chi connectivity index (χ3v) is 4.47. The second-order valence-electron chi connectivity index (χ2n) is 4.53. The number of rotatable bonds is 4. The van der Waals surface area contributed by atoms with Gasteiger partial charge in [0.05, 0.1) is 0 Å². The van der Waals surface area contributed by atoms with Crippen molar-refractivity contribution in [2.24, 2.45) is 0 Å². The molecule has 0 aliphatic heterocycles. The Morgan fingerprint density at radius 2 is 1.89 bits per heavy atom. The maximum Gasteiger partial charge on any atom is -1.00 e. The first kappa shape index (κ1) is 23.6. The fourth-order valence-corrected chi connectivity index (χ4v) is 3.48. The molecule has 0 radical (unpaired) electrons. The molecule has 0 spiro atoms. The second kappa shape index (κ2) is 10.3. The first-order valence-electron chi connectivity index (χ1n) is 5.27. The Bertz CT molecular complexity index is 312. The SMILES string of the molecule is CC(C)OC(=O)[C](C)(C)[Ti+3][C]1=CC=CC1.[Cl-].[Cl-].[Cl-]. The summed E-state index contributed by atoms with van der Waals surface area (Å²) in [6, 6.07) is 0. The maximum atomic E-state index is 11.8. The van der Waals surface area contributed by atoms with Gasteiger partial charge < -0.3 is 37.2 Å². The Kier molecular flexibility index (Phi) is 13.6. The van der Waals surface area contributed by atoms with Gasteiger partial charge in [0.1, 0.15) is 0 Å². The van der Waals surface area contributed by atoms with Gasteiger partial charge in [-0.15, -0.1) is 0 Å². The predicted octanol–water partition coefficient (Wildman–Crippen LogP) is -5.93. The molecular formula is C12H18Cl3O2Ti. The molecule has 0 unspecified atom stereocenters. The van der Waals surface area contributed by atoms with Crippen LogP contribution in [0.2, 0.25) is 3.72 Å². The molecule has 0 heterocycles. The molecular weight excluding hydrogens is 330 g/mol. The van der Waals surface area contributed by atoms with Crippen LogP contribution in [0.4, 0.5) is 0 Å². The summed E-state index contributed by atoms with van der Waals surface area (Å²) in [6.45, 7) is 7.78. The van der Waals surface area contributed by atoms with Gasteiger partial charge in [-0.25, -0.2) is 0 Å². The number of hydrogen-bond donors (Lipinski definition) is 0. The van der Waals surface area contributed by atoms with Crippen LogP contribution in [0.15, 0.2) is 22.1 Å². The van der Waals surface area contributed by atoms with E-state index in [1.165, 1.54) is 3.88 Å². The van der Waals surface area contributed by atoms with Crippen molar-refractivity contribution in [2.75, 3.05) is 0 Å². The first-order valence-corrected chi connectivity index (χ1v) is 6.83.